The van der Waals surface area contributed by atoms with Crippen LogP contribution in [0.4, 0.5) is 4.79 Å². The van der Waals surface area contributed by atoms with Gasteiger partial charge in [0.15, 0.2) is 0 Å². The van der Waals surface area contributed by atoms with Gasteiger partial charge in [0.1, 0.15) is 0 Å². The van der Waals surface area contributed by atoms with Gasteiger partial charge in [-0.15, -0.1) is 0 Å². The number of sulfonamides is 1. The molecule has 0 bridgehead atoms. The number of hydrogen-bond acceptors (Lipinski definition) is 3. The molecule has 0 atom stereocenters. The Labute approximate surface area is 147 Å². The zero-order valence-corrected chi connectivity index (χ0v) is 14.8. The van der Waals surface area contributed by atoms with Crippen LogP contribution in [0.2, 0.25) is 0 Å². The quantitative estimate of drug-likeness (QED) is 0.875. The van der Waals surface area contributed by atoms with Crippen molar-refractivity contribution >= 4 is 16.1 Å². The van der Waals surface area contributed by atoms with Gasteiger partial charge in [-0.25, -0.2) is 17.9 Å². The van der Waals surface area contributed by atoms with Crippen molar-refractivity contribution in [2.24, 2.45) is 0 Å². The third kappa shape index (κ3) is 4.00. The molecule has 0 saturated carbocycles. The van der Waals surface area contributed by atoms with Crippen molar-refractivity contribution in [3.8, 4) is 0 Å². The molecule has 2 amide bonds. The molecule has 1 heterocycles. The van der Waals surface area contributed by atoms with Gasteiger partial charge in [0.2, 0.25) is 10.0 Å². The minimum absolute atomic E-state index is 0.110. The Bertz CT molecular complexity index is 863. The van der Waals surface area contributed by atoms with E-state index in [9.17, 15) is 13.2 Å². The van der Waals surface area contributed by atoms with Gasteiger partial charge in [-0.2, -0.15) is 0 Å². The van der Waals surface area contributed by atoms with Gasteiger partial charge in [-0.3, -0.25) is 0 Å². The van der Waals surface area contributed by atoms with Gasteiger partial charge in [0.25, 0.3) is 0 Å². The fourth-order valence-electron chi connectivity index (χ4n) is 2.86. The minimum atomic E-state index is -3.44. The normalized spacial score (nSPS) is 14.0. The largest absolute Gasteiger partial charge is 0.334 e. The lowest BCUT2D eigenvalue weighted by atomic mass is 10.0. The Morgan fingerprint density at radius 3 is 2.44 bits per heavy atom. The lowest BCUT2D eigenvalue weighted by Crippen LogP contribution is -2.42. The fraction of sp³-hybridized carbons (Fsp3) is 0.278. The van der Waals surface area contributed by atoms with Crippen LogP contribution >= 0.6 is 0 Å². The van der Waals surface area contributed by atoms with E-state index in [1.54, 1.807) is 17.0 Å². The summed E-state index contributed by atoms with van der Waals surface area (Å²) in [7, 11) is -2.06. The van der Waals surface area contributed by atoms with Crippen LogP contribution in [-0.4, -0.2) is 32.9 Å². The van der Waals surface area contributed by atoms with Crippen molar-refractivity contribution in [3.63, 3.8) is 0 Å². The summed E-state index contributed by atoms with van der Waals surface area (Å²) in [4.78, 5) is 14.4. The second-order valence-electron chi connectivity index (χ2n) is 5.95. The van der Waals surface area contributed by atoms with E-state index >= 15 is 0 Å². The maximum absolute atomic E-state index is 12.4. The molecular weight excluding hydrogens is 338 g/mol. The number of benzene rings is 2. The van der Waals surface area contributed by atoms with Crippen molar-refractivity contribution in [1.82, 2.24) is 14.9 Å². The number of nitrogens with zero attached hydrogens (tertiary/aromatic N) is 1. The molecule has 0 radical (unpaired) electrons. The second-order valence-corrected chi connectivity index (χ2v) is 7.84. The molecule has 1 aliphatic rings. The lowest BCUT2D eigenvalue weighted by Gasteiger charge is -2.29. The number of urea groups is 1. The third-order valence-electron chi connectivity index (χ3n) is 4.36. The molecular formula is C18H21N3O3S. The molecule has 0 saturated heterocycles. The average molecular weight is 359 g/mol. The molecule has 2 N–H and O–H groups in total. The van der Waals surface area contributed by atoms with Crippen LogP contribution in [0.5, 0.6) is 0 Å². The highest BCUT2D eigenvalue weighted by atomic mass is 32.2. The zero-order valence-electron chi connectivity index (χ0n) is 14.0. The Kier molecular flexibility index (Phi) is 5.06. The van der Waals surface area contributed by atoms with Gasteiger partial charge in [-0.1, -0.05) is 36.4 Å². The van der Waals surface area contributed by atoms with E-state index in [0.29, 0.717) is 19.6 Å². The van der Waals surface area contributed by atoms with Crippen LogP contribution in [0.15, 0.2) is 53.4 Å². The Morgan fingerprint density at radius 1 is 1.08 bits per heavy atom. The Balaban J connectivity index is 1.58. The highest BCUT2D eigenvalue weighted by molar-refractivity contribution is 7.89. The van der Waals surface area contributed by atoms with E-state index in [2.05, 4.69) is 22.2 Å². The first kappa shape index (κ1) is 17.4. The Hall–Kier alpha value is -2.38. The molecule has 7 heteroatoms. The molecule has 2 aromatic carbocycles. The summed E-state index contributed by atoms with van der Waals surface area (Å²) in [6.45, 7) is 1.67. The van der Waals surface area contributed by atoms with Crippen LogP contribution in [0.1, 0.15) is 16.7 Å². The maximum Gasteiger partial charge on any atom is 0.317 e. The summed E-state index contributed by atoms with van der Waals surface area (Å²) >= 11 is 0. The van der Waals surface area contributed by atoms with Crippen molar-refractivity contribution in [3.05, 3.63) is 65.2 Å². The van der Waals surface area contributed by atoms with Crippen molar-refractivity contribution in [2.45, 2.75) is 24.4 Å². The molecule has 25 heavy (non-hydrogen) atoms. The molecule has 1 aliphatic heterocycles. The monoisotopic (exact) mass is 359 g/mol. The molecule has 132 valence electrons. The first-order valence-corrected chi connectivity index (χ1v) is 9.60. The first-order valence-electron chi connectivity index (χ1n) is 8.11. The van der Waals surface area contributed by atoms with Crippen LogP contribution in [0.3, 0.4) is 0 Å². The molecule has 6 nitrogen and oxygen atoms in total. The molecule has 0 unspecified atom stereocenters. The summed E-state index contributed by atoms with van der Waals surface area (Å²) in [5, 5.41) is 2.89. The summed E-state index contributed by atoms with van der Waals surface area (Å²) in [6, 6.07) is 14.5. The molecule has 0 fully saturated rings. The summed E-state index contributed by atoms with van der Waals surface area (Å²) < 4.78 is 25.7. The number of amides is 2. The number of fused-ring (bicyclic) bond motifs is 1. The molecule has 0 aromatic heterocycles. The predicted octanol–water partition coefficient (Wildman–Crippen LogP) is 1.86. The second kappa shape index (κ2) is 7.25. The van der Waals surface area contributed by atoms with Gasteiger partial charge < -0.3 is 10.2 Å². The molecule has 0 spiro atoms. The van der Waals surface area contributed by atoms with E-state index in [-0.39, 0.29) is 10.9 Å². The lowest BCUT2D eigenvalue weighted by molar-refractivity contribution is 0.192. The number of rotatable bonds is 4. The molecule has 0 aliphatic carbocycles. The van der Waals surface area contributed by atoms with Crippen molar-refractivity contribution in [2.75, 3.05) is 13.6 Å². The topological polar surface area (TPSA) is 78.5 Å². The van der Waals surface area contributed by atoms with E-state index in [1.165, 1.54) is 30.3 Å². The number of carbonyl (C=O) groups is 1. The number of carbonyl (C=O) groups excluding carboxylic acids is 1. The highest BCUT2D eigenvalue weighted by Crippen LogP contribution is 2.18. The minimum Gasteiger partial charge on any atom is -0.334 e. The smallest absolute Gasteiger partial charge is 0.317 e. The van der Waals surface area contributed by atoms with E-state index in [4.69, 9.17) is 0 Å². The van der Waals surface area contributed by atoms with Crippen LogP contribution in [0, 0.1) is 0 Å². The standard InChI is InChI=1S/C18H21N3O3S/c1-19-25(23,24)17-8-6-14(7-9-17)12-20-18(22)21-11-10-15-4-2-3-5-16(15)13-21/h2-9,19H,10-13H2,1H3,(H,20,22). The average Bonchev–Trinajstić information content (AvgIpc) is 2.66. The summed E-state index contributed by atoms with van der Waals surface area (Å²) in [5.74, 6) is 0. The van der Waals surface area contributed by atoms with Crippen LogP contribution in [-0.2, 0) is 29.5 Å². The van der Waals surface area contributed by atoms with Crippen LogP contribution < -0.4 is 10.0 Å². The predicted molar refractivity (Wildman–Crippen MR) is 95.5 cm³/mol. The number of hydrogen-bond donors (Lipinski definition) is 2. The maximum atomic E-state index is 12.4. The van der Waals surface area contributed by atoms with Gasteiger partial charge in [0.05, 0.1) is 4.90 Å². The highest BCUT2D eigenvalue weighted by Gasteiger charge is 2.20. The fourth-order valence-corrected chi connectivity index (χ4v) is 3.59. The Morgan fingerprint density at radius 2 is 1.76 bits per heavy atom. The zero-order chi connectivity index (χ0) is 17.9. The summed E-state index contributed by atoms with van der Waals surface area (Å²) in [5.41, 5.74) is 3.33. The van der Waals surface area contributed by atoms with Gasteiger partial charge >= 0.3 is 6.03 Å². The molecule has 3 rings (SSSR count). The third-order valence-corrected chi connectivity index (χ3v) is 5.79. The van der Waals surface area contributed by atoms with Crippen molar-refractivity contribution in [1.29, 1.82) is 0 Å². The number of nitrogens with one attached hydrogen (secondary N) is 2. The molecule has 2 aromatic rings. The SMILES string of the molecule is CNS(=O)(=O)c1ccc(CNC(=O)N2CCc3ccccc3C2)cc1. The van der Waals surface area contributed by atoms with Crippen LogP contribution in [0.25, 0.3) is 0 Å². The van der Waals surface area contributed by atoms with E-state index < -0.39 is 10.0 Å². The van der Waals surface area contributed by atoms with Crippen molar-refractivity contribution < 1.29 is 13.2 Å². The van der Waals surface area contributed by atoms with Gasteiger partial charge in [-0.05, 0) is 42.3 Å². The van der Waals surface area contributed by atoms with E-state index in [0.717, 1.165) is 12.0 Å². The first-order chi connectivity index (χ1) is 12.0. The summed E-state index contributed by atoms with van der Waals surface area (Å²) in [6.07, 6.45) is 0.861. The van der Waals surface area contributed by atoms with Gasteiger partial charge in [0, 0.05) is 19.6 Å². The van der Waals surface area contributed by atoms with E-state index in [1.807, 2.05) is 12.1 Å².